The highest BCUT2D eigenvalue weighted by Gasteiger charge is 2.44. The number of rotatable bonds is 6. The van der Waals surface area contributed by atoms with Gasteiger partial charge in [0.05, 0.1) is 12.1 Å². The summed E-state index contributed by atoms with van der Waals surface area (Å²) in [5, 5.41) is 2.61. The van der Waals surface area contributed by atoms with Crippen molar-refractivity contribution >= 4 is 35.0 Å². The summed E-state index contributed by atoms with van der Waals surface area (Å²) < 4.78 is 26.8. The Morgan fingerprint density at radius 2 is 1.49 bits per heavy atom. The standard InChI is InChI=1S/C26H21F2N3O4/c1-16(32)29-21-10-12-22(13-11-21)31-24(33)14-23(26(31)35)30(15-17-2-6-19(27)7-3-17)25(34)18-4-8-20(28)9-5-18/h2-13,23H,14-15H2,1H3,(H,29,32). The molecule has 178 valence electrons. The highest BCUT2D eigenvalue weighted by molar-refractivity contribution is 6.23. The largest absolute Gasteiger partial charge is 0.326 e. The van der Waals surface area contributed by atoms with Gasteiger partial charge in [-0.3, -0.25) is 19.2 Å². The first-order valence-electron chi connectivity index (χ1n) is 10.8. The van der Waals surface area contributed by atoms with Gasteiger partial charge in [-0.25, -0.2) is 13.7 Å². The van der Waals surface area contributed by atoms with Crippen LogP contribution in [0.15, 0.2) is 72.8 Å². The highest BCUT2D eigenvalue weighted by Crippen LogP contribution is 2.29. The van der Waals surface area contributed by atoms with E-state index in [0.29, 0.717) is 16.9 Å². The molecule has 0 bridgehead atoms. The number of benzene rings is 3. The summed E-state index contributed by atoms with van der Waals surface area (Å²) in [7, 11) is 0. The molecule has 0 aliphatic carbocycles. The summed E-state index contributed by atoms with van der Waals surface area (Å²) in [5.41, 5.74) is 1.50. The maximum atomic E-state index is 13.4. The lowest BCUT2D eigenvalue weighted by Gasteiger charge is -2.28. The van der Waals surface area contributed by atoms with E-state index in [0.717, 1.165) is 17.0 Å². The van der Waals surface area contributed by atoms with Crippen molar-refractivity contribution in [2.75, 3.05) is 10.2 Å². The van der Waals surface area contributed by atoms with Crippen LogP contribution in [-0.4, -0.2) is 34.6 Å². The maximum Gasteiger partial charge on any atom is 0.257 e. The van der Waals surface area contributed by atoms with Crippen LogP contribution in [0.3, 0.4) is 0 Å². The maximum absolute atomic E-state index is 13.4. The molecule has 1 unspecified atom stereocenters. The van der Waals surface area contributed by atoms with Crippen molar-refractivity contribution < 1.29 is 28.0 Å². The lowest BCUT2D eigenvalue weighted by atomic mass is 10.1. The van der Waals surface area contributed by atoms with Crippen LogP contribution < -0.4 is 10.2 Å². The third-order valence-electron chi connectivity index (χ3n) is 5.56. The van der Waals surface area contributed by atoms with Crippen molar-refractivity contribution in [1.82, 2.24) is 4.90 Å². The fraction of sp³-hybridized carbons (Fsp3) is 0.154. The SMILES string of the molecule is CC(=O)Nc1ccc(N2C(=O)CC(N(Cc3ccc(F)cc3)C(=O)c3ccc(F)cc3)C2=O)cc1. The quantitative estimate of drug-likeness (QED) is 0.546. The Labute approximate surface area is 200 Å². The number of imide groups is 1. The van der Waals surface area contributed by atoms with Gasteiger partial charge in [-0.05, 0) is 66.2 Å². The van der Waals surface area contributed by atoms with Crippen molar-refractivity contribution in [1.29, 1.82) is 0 Å². The Hall–Kier alpha value is -4.40. The van der Waals surface area contributed by atoms with Gasteiger partial charge in [-0.15, -0.1) is 0 Å². The van der Waals surface area contributed by atoms with Crippen molar-refractivity contribution in [2.45, 2.75) is 25.9 Å². The molecule has 0 radical (unpaired) electrons. The predicted molar refractivity (Wildman–Crippen MR) is 124 cm³/mol. The van der Waals surface area contributed by atoms with Crippen molar-refractivity contribution in [3.05, 3.63) is 95.6 Å². The fourth-order valence-electron chi connectivity index (χ4n) is 3.90. The second kappa shape index (κ2) is 9.84. The molecule has 1 aliphatic heterocycles. The second-order valence-electron chi connectivity index (χ2n) is 8.08. The Morgan fingerprint density at radius 1 is 0.914 bits per heavy atom. The molecule has 4 rings (SSSR count). The third kappa shape index (κ3) is 5.24. The summed E-state index contributed by atoms with van der Waals surface area (Å²) in [6.45, 7) is 1.30. The van der Waals surface area contributed by atoms with Crippen LogP contribution in [0, 0.1) is 11.6 Å². The Morgan fingerprint density at radius 3 is 2.06 bits per heavy atom. The van der Waals surface area contributed by atoms with E-state index in [4.69, 9.17) is 0 Å². The minimum atomic E-state index is -1.11. The minimum Gasteiger partial charge on any atom is -0.326 e. The van der Waals surface area contributed by atoms with Crippen LogP contribution in [0.25, 0.3) is 0 Å². The van der Waals surface area contributed by atoms with Crippen LogP contribution in [0.1, 0.15) is 29.3 Å². The molecular weight excluding hydrogens is 456 g/mol. The van der Waals surface area contributed by atoms with Crippen LogP contribution >= 0.6 is 0 Å². The van der Waals surface area contributed by atoms with E-state index in [-0.39, 0.29) is 24.4 Å². The zero-order valence-corrected chi connectivity index (χ0v) is 18.7. The molecule has 3 aromatic rings. The van der Waals surface area contributed by atoms with Gasteiger partial charge >= 0.3 is 0 Å². The van der Waals surface area contributed by atoms with E-state index in [9.17, 15) is 28.0 Å². The first-order chi connectivity index (χ1) is 16.7. The van der Waals surface area contributed by atoms with Gasteiger partial charge in [0.2, 0.25) is 11.8 Å². The van der Waals surface area contributed by atoms with E-state index < -0.39 is 35.4 Å². The number of hydrogen-bond acceptors (Lipinski definition) is 4. The summed E-state index contributed by atoms with van der Waals surface area (Å²) in [4.78, 5) is 53.1. The molecule has 1 fully saturated rings. The Bertz CT molecular complexity index is 1280. The average Bonchev–Trinajstić information content (AvgIpc) is 3.12. The van der Waals surface area contributed by atoms with Crippen molar-refractivity contribution in [2.24, 2.45) is 0 Å². The third-order valence-corrected chi connectivity index (χ3v) is 5.56. The molecule has 7 nitrogen and oxygen atoms in total. The van der Waals surface area contributed by atoms with Gasteiger partial charge in [-0.1, -0.05) is 12.1 Å². The molecule has 0 saturated carbocycles. The number of anilines is 2. The number of hydrogen-bond donors (Lipinski definition) is 1. The topological polar surface area (TPSA) is 86.8 Å². The Kier molecular flexibility index (Phi) is 6.68. The van der Waals surface area contributed by atoms with Crippen molar-refractivity contribution in [3.63, 3.8) is 0 Å². The summed E-state index contributed by atoms with van der Waals surface area (Å²) in [6.07, 6.45) is -0.250. The highest BCUT2D eigenvalue weighted by atomic mass is 19.1. The van der Waals surface area contributed by atoms with E-state index in [1.54, 1.807) is 12.1 Å². The van der Waals surface area contributed by atoms with E-state index >= 15 is 0 Å². The number of nitrogens with zero attached hydrogens (tertiary/aromatic N) is 2. The summed E-state index contributed by atoms with van der Waals surface area (Å²) in [5.74, 6) is -2.90. The van der Waals surface area contributed by atoms with Crippen LogP contribution in [0.5, 0.6) is 0 Å². The van der Waals surface area contributed by atoms with E-state index in [2.05, 4.69) is 5.32 Å². The van der Waals surface area contributed by atoms with Crippen LogP contribution in [0.4, 0.5) is 20.2 Å². The number of halogens is 2. The Balaban J connectivity index is 1.64. The zero-order valence-electron chi connectivity index (χ0n) is 18.7. The lowest BCUT2D eigenvalue weighted by molar-refractivity contribution is -0.122. The molecule has 1 saturated heterocycles. The predicted octanol–water partition coefficient (Wildman–Crippen LogP) is 3.90. The lowest BCUT2D eigenvalue weighted by Crippen LogP contribution is -2.45. The summed E-state index contributed by atoms with van der Waals surface area (Å²) in [6, 6.07) is 15.4. The van der Waals surface area contributed by atoms with Gasteiger partial charge in [0.25, 0.3) is 11.8 Å². The molecule has 1 N–H and O–H groups in total. The average molecular weight is 477 g/mol. The normalized spacial score (nSPS) is 15.3. The molecular formula is C26H21F2N3O4. The molecule has 0 aromatic heterocycles. The smallest absolute Gasteiger partial charge is 0.257 e. The van der Waals surface area contributed by atoms with E-state index in [1.807, 2.05) is 0 Å². The monoisotopic (exact) mass is 477 g/mol. The first-order valence-corrected chi connectivity index (χ1v) is 10.8. The molecule has 3 aromatic carbocycles. The van der Waals surface area contributed by atoms with E-state index in [1.165, 1.54) is 60.4 Å². The van der Waals surface area contributed by atoms with Gasteiger partial charge in [-0.2, -0.15) is 0 Å². The van der Waals surface area contributed by atoms with Gasteiger partial charge in [0, 0.05) is 24.7 Å². The number of nitrogens with one attached hydrogen (secondary N) is 1. The number of carbonyl (C=O) groups excluding carboxylic acids is 4. The summed E-state index contributed by atoms with van der Waals surface area (Å²) >= 11 is 0. The number of amides is 4. The first kappa shape index (κ1) is 23.7. The molecule has 1 heterocycles. The molecule has 35 heavy (non-hydrogen) atoms. The van der Waals surface area contributed by atoms with Crippen LogP contribution in [0.2, 0.25) is 0 Å². The van der Waals surface area contributed by atoms with Crippen molar-refractivity contribution in [3.8, 4) is 0 Å². The zero-order chi connectivity index (χ0) is 25.1. The molecule has 1 atom stereocenters. The van der Waals surface area contributed by atoms with Gasteiger partial charge < -0.3 is 10.2 Å². The molecule has 9 heteroatoms. The minimum absolute atomic E-state index is 0.0600. The van der Waals surface area contributed by atoms with Gasteiger partial charge in [0.15, 0.2) is 0 Å². The molecule has 1 aliphatic rings. The van der Waals surface area contributed by atoms with Gasteiger partial charge in [0.1, 0.15) is 17.7 Å². The fourth-order valence-corrected chi connectivity index (χ4v) is 3.90. The second-order valence-corrected chi connectivity index (χ2v) is 8.08. The molecule has 4 amide bonds. The number of carbonyl (C=O) groups is 4. The van der Waals surface area contributed by atoms with Crippen LogP contribution in [-0.2, 0) is 20.9 Å². The molecule has 0 spiro atoms.